The monoisotopic (exact) mass is 651 g/mol. The number of likely N-dealkylation sites (tertiary alicyclic amines) is 1. The Hall–Kier alpha value is -3.06. The molecule has 0 bridgehead atoms. The normalized spacial score (nSPS) is 19.1. The number of benzene rings is 2. The number of carbonyl (C=O) groups excluding carboxylic acids is 2. The van der Waals surface area contributed by atoms with Crippen molar-refractivity contribution in [2.24, 2.45) is 11.8 Å². The fourth-order valence-corrected chi connectivity index (χ4v) is 6.33. The van der Waals surface area contributed by atoms with Crippen LogP contribution >= 0.6 is 11.6 Å². The predicted molar refractivity (Wildman–Crippen MR) is 150 cm³/mol. The number of halogens is 8. The molecule has 0 aromatic heterocycles. The average Bonchev–Trinajstić information content (AvgIpc) is 2.99. The first kappa shape index (κ1) is 33.8. The molecule has 2 aromatic carbocycles. The number of hydrogen-bond donors (Lipinski definition) is 1. The maximum atomic E-state index is 15.1. The number of aliphatic hydroxyl groups is 1. The van der Waals surface area contributed by atoms with E-state index in [2.05, 4.69) is 4.90 Å². The molecule has 6 nitrogen and oxygen atoms in total. The summed E-state index contributed by atoms with van der Waals surface area (Å²) in [5, 5.41) is 11.2. The number of alkyl halides is 7. The molecule has 2 aromatic rings. The van der Waals surface area contributed by atoms with Crippen molar-refractivity contribution in [2.45, 2.75) is 49.3 Å². The molecular formula is C30H33ClF7N3O3. The third-order valence-electron chi connectivity index (χ3n) is 8.69. The van der Waals surface area contributed by atoms with Gasteiger partial charge in [-0.1, -0.05) is 41.9 Å². The Bertz CT molecular complexity index is 1340. The van der Waals surface area contributed by atoms with Crippen molar-refractivity contribution in [3.8, 4) is 0 Å². The molecule has 0 saturated carbocycles. The van der Waals surface area contributed by atoms with E-state index in [4.69, 9.17) is 11.6 Å². The van der Waals surface area contributed by atoms with E-state index in [1.54, 1.807) is 26.2 Å². The van der Waals surface area contributed by atoms with Crippen LogP contribution in [0.4, 0.5) is 36.4 Å². The Kier molecular flexibility index (Phi) is 9.52. The van der Waals surface area contributed by atoms with E-state index in [-0.39, 0.29) is 30.8 Å². The standard InChI is InChI=1S/C30H33ClF7N3O3/c1-39(2)25(42)23-9-8-22(18-24(23)31)40-14-10-19(11-15-40)20-12-16-41(17-13-20)26(43)27(44,21-6-4-3-5-7-21)28(32,33)29(34,35)30(36,37)38/h3-9,18-20,44H,10-17H2,1-2H3. The lowest BCUT2D eigenvalue weighted by molar-refractivity contribution is -0.385. The lowest BCUT2D eigenvalue weighted by Crippen LogP contribution is -2.68. The molecule has 2 heterocycles. The fraction of sp³-hybridized carbons (Fsp3) is 0.533. The maximum absolute atomic E-state index is 15.1. The van der Waals surface area contributed by atoms with Crippen LogP contribution < -0.4 is 4.90 Å². The van der Waals surface area contributed by atoms with E-state index in [1.807, 2.05) is 6.07 Å². The zero-order valence-electron chi connectivity index (χ0n) is 24.1. The summed E-state index contributed by atoms with van der Waals surface area (Å²) in [6, 6.07) is 10.1. The second kappa shape index (κ2) is 12.4. The van der Waals surface area contributed by atoms with Crippen LogP contribution in [-0.2, 0) is 10.4 Å². The summed E-state index contributed by atoms with van der Waals surface area (Å²) in [5.74, 6) is -14.8. The van der Waals surface area contributed by atoms with Gasteiger partial charge in [0.15, 0.2) is 0 Å². The van der Waals surface area contributed by atoms with Gasteiger partial charge in [0.2, 0.25) is 5.60 Å². The van der Waals surface area contributed by atoms with Crippen molar-refractivity contribution in [3.63, 3.8) is 0 Å². The number of hydrogen-bond acceptors (Lipinski definition) is 4. The number of carbonyl (C=O) groups is 2. The van der Waals surface area contributed by atoms with Crippen LogP contribution in [0.15, 0.2) is 48.5 Å². The molecule has 1 atom stereocenters. The van der Waals surface area contributed by atoms with Gasteiger partial charge in [-0.05, 0) is 61.3 Å². The topological polar surface area (TPSA) is 64.1 Å². The highest BCUT2D eigenvalue weighted by molar-refractivity contribution is 6.34. The predicted octanol–water partition coefficient (Wildman–Crippen LogP) is 6.22. The first-order valence-electron chi connectivity index (χ1n) is 14.1. The smallest absolute Gasteiger partial charge is 0.371 e. The molecule has 0 spiro atoms. The third kappa shape index (κ3) is 5.96. The second-order valence-corrected chi connectivity index (χ2v) is 11.9. The van der Waals surface area contributed by atoms with Crippen LogP contribution in [0.2, 0.25) is 5.02 Å². The largest absolute Gasteiger partial charge is 0.460 e. The van der Waals surface area contributed by atoms with E-state index in [0.29, 0.717) is 36.5 Å². The summed E-state index contributed by atoms with van der Waals surface area (Å²) in [6.45, 7) is 0.939. The number of piperidine rings is 2. The quantitative estimate of drug-likeness (QED) is 0.362. The molecule has 4 rings (SSSR count). The van der Waals surface area contributed by atoms with Crippen molar-refractivity contribution in [1.82, 2.24) is 9.80 Å². The molecule has 0 radical (unpaired) electrons. The molecule has 2 aliphatic rings. The van der Waals surface area contributed by atoms with E-state index < -0.39 is 35.1 Å². The molecule has 2 saturated heterocycles. The fourth-order valence-electron chi connectivity index (χ4n) is 6.07. The zero-order valence-corrected chi connectivity index (χ0v) is 24.8. The molecule has 1 unspecified atom stereocenters. The highest BCUT2D eigenvalue weighted by Gasteiger charge is 2.82. The molecule has 242 valence electrons. The van der Waals surface area contributed by atoms with Gasteiger partial charge in [-0.25, -0.2) is 0 Å². The molecular weight excluding hydrogens is 619 g/mol. The van der Waals surface area contributed by atoms with Crippen molar-refractivity contribution in [2.75, 3.05) is 45.2 Å². The van der Waals surface area contributed by atoms with E-state index in [0.717, 1.165) is 47.7 Å². The van der Waals surface area contributed by atoms with Gasteiger partial charge in [0.1, 0.15) is 0 Å². The van der Waals surface area contributed by atoms with Crippen LogP contribution in [0.1, 0.15) is 41.6 Å². The minimum absolute atomic E-state index is 0.0480. The summed E-state index contributed by atoms with van der Waals surface area (Å²) in [5.41, 5.74) is -4.29. The highest BCUT2D eigenvalue weighted by Crippen LogP contribution is 2.55. The first-order chi connectivity index (χ1) is 20.4. The van der Waals surface area contributed by atoms with Crippen LogP contribution in [0.3, 0.4) is 0 Å². The van der Waals surface area contributed by atoms with Gasteiger partial charge in [0.05, 0.1) is 10.6 Å². The SMILES string of the molecule is CN(C)C(=O)c1ccc(N2CCC(C3CCN(C(=O)C(O)(c4ccccc4)C(F)(F)C(F)(F)C(F)(F)F)CC3)CC2)cc1Cl. The summed E-state index contributed by atoms with van der Waals surface area (Å²) in [7, 11) is 3.26. The molecule has 0 aliphatic carbocycles. The van der Waals surface area contributed by atoms with E-state index in [1.165, 1.54) is 11.0 Å². The molecule has 2 aliphatic heterocycles. The van der Waals surface area contributed by atoms with Crippen molar-refractivity contribution in [3.05, 3.63) is 64.7 Å². The van der Waals surface area contributed by atoms with Crippen LogP contribution in [0.25, 0.3) is 0 Å². The lowest BCUT2D eigenvalue weighted by Gasteiger charge is -2.45. The number of nitrogens with zero attached hydrogens (tertiary/aromatic N) is 3. The van der Waals surface area contributed by atoms with E-state index >= 15 is 8.78 Å². The van der Waals surface area contributed by atoms with Gasteiger partial charge in [-0.15, -0.1) is 0 Å². The first-order valence-corrected chi connectivity index (χ1v) is 14.5. The Morgan fingerprint density at radius 3 is 1.82 bits per heavy atom. The Morgan fingerprint density at radius 2 is 1.34 bits per heavy atom. The molecule has 14 heteroatoms. The van der Waals surface area contributed by atoms with Crippen molar-refractivity contribution in [1.29, 1.82) is 0 Å². The Labute approximate surface area is 255 Å². The number of amides is 2. The summed E-state index contributed by atoms with van der Waals surface area (Å²) < 4.78 is 97.8. The van der Waals surface area contributed by atoms with E-state index in [9.17, 15) is 36.6 Å². The second-order valence-electron chi connectivity index (χ2n) is 11.5. The van der Waals surface area contributed by atoms with Crippen LogP contribution in [0.5, 0.6) is 0 Å². The summed E-state index contributed by atoms with van der Waals surface area (Å²) in [6.07, 6.45) is -4.62. The lowest BCUT2D eigenvalue weighted by atomic mass is 9.77. The van der Waals surface area contributed by atoms with Gasteiger partial charge in [0, 0.05) is 46.0 Å². The summed E-state index contributed by atoms with van der Waals surface area (Å²) >= 11 is 6.36. The van der Waals surface area contributed by atoms with Crippen LogP contribution in [0, 0.1) is 11.8 Å². The van der Waals surface area contributed by atoms with Gasteiger partial charge in [0.25, 0.3) is 11.8 Å². The molecule has 2 fully saturated rings. The zero-order chi connectivity index (χ0) is 32.7. The number of anilines is 1. The Balaban J connectivity index is 1.43. The minimum Gasteiger partial charge on any atom is -0.371 e. The molecule has 44 heavy (non-hydrogen) atoms. The van der Waals surface area contributed by atoms with Crippen molar-refractivity contribution >= 4 is 29.1 Å². The summed E-state index contributed by atoms with van der Waals surface area (Å²) in [4.78, 5) is 29.9. The van der Waals surface area contributed by atoms with Gasteiger partial charge < -0.3 is 19.8 Å². The maximum Gasteiger partial charge on any atom is 0.460 e. The van der Waals surface area contributed by atoms with Gasteiger partial charge >= 0.3 is 18.0 Å². The van der Waals surface area contributed by atoms with Gasteiger partial charge in [-0.2, -0.15) is 30.7 Å². The number of rotatable bonds is 7. The highest BCUT2D eigenvalue weighted by atomic mass is 35.5. The molecule has 1 N–H and O–H groups in total. The van der Waals surface area contributed by atoms with Gasteiger partial charge in [-0.3, -0.25) is 9.59 Å². The third-order valence-corrected chi connectivity index (χ3v) is 9.01. The Morgan fingerprint density at radius 1 is 0.818 bits per heavy atom. The molecule has 2 amide bonds. The van der Waals surface area contributed by atoms with Crippen LogP contribution in [-0.4, -0.2) is 85.0 Å². The average molecular weight is 652 g/mol. The minimum atomic E-state index is -6.72. The van der Waals surface area contributed by atoms with Crippen molar-refractivity contribution < 1.29 is 45.4 Å².